The molecule has 0 saturated carbocycles. The Morgan fingerprint density at radius 2 is 1.89 bits per heavy atom. The summed E-state index contributed by atoms with van der Waals surface area (Å²) < 4.78 is 8.81. The van der Waals surface area contributed by atoms with Gasteiger partial charge in [-0.2, -0.15) is 14.0 Å². The van der Waals surface area contributed by atoms with Gasteiger partial charge >= 0.3 is 0 Å². The maximum absolute atomic E-state index is 11.2. The Kier molecular flexibility index (Phi) is 4.09. The van der Waals surface area contributed by atoms with Crippen molar-refractivity contribution in [2.75, 3.05) is 0 Å². The summed E-state index contributed by atoms with van der Waals surface area (Å²) in [6.07, 6.45) is 0. The molecule has 10 heteroatoms. The lowest BCUT2D eigenvalue weighted by Gasteiger charge is -1.97. The lowest BCUT2D eigenvalue weighted by atomic mass is 10.4. The van der Waals surface area contributed by atoms with E-state index in [9.17, 15) is 4.79 Å². The minimum absolute atomic E-state index is 0.0594. The normalized spacial score (nSPS) is 10.3. The molecule has 0 radical (unpaired) electrons. The second-order valence-corrected chi connectivity index (χ2v) is 6.65. The molecule has 2 aromatic rings. The zero-order chi connectivity index (χ0) is 13.3. The van der Waals surface area contributed by atoms with Gasteiger partial charge in [-0.25, -0.2) is 0 Å². The van der Waals surface area contributed by atoms with Crippen LogP contribution in [0.4, 0.5) is 0 Å². The SMILES string of the molecule is N#Cc1c(Cl)nsc1Sc1snc(Cl)c1C(N)=O. The summed E-state index contributed by atoms with van der Waals surface area (Å²) in [7, 11) is 0. The summed E-state index contributed by atoms with van der Waals surface area (Å²) in [6, 6.07) is 1.95. The van der Waals surface area contributed by atoms with Crippen molar-refractivity contribution in [3.05, 3.63) is 21.4 Å². The second-order valence-electron chi connectivity index (χ2n) is 2.85. The Balaban J connectivity index is 2.41. The van der Waals surface area contributed by atoms with E-state index in [1.54, 1.807) is 0 Å². The lowest BCUT2D eigenvalue weighted by Crippen LogP contribution is -2.11. The number of halogens is 2. The van der Waals surface area contributed by atoms with Crippen molar-refractivity contribution in [1.82, 2.24) is 8.75 Å². The highest BCUT2D eigenvalue weighted by atomic mass is 35.5. The van der Waals surface area contributed by atoms with Crippen LogP contribution in [0.1, 0.15) is 15.9 Å². The van der Waals surface area contributed by atoms with Crippen molar-refractivity contribution in [1.29, 1.82) is 5.26 Å². The van der Waals surface area contributed by atoms with Gasteiger partial charge in [0.25, 0.3) is 5.91 Å². The zero-order valence-electron chi connectivity index (χ0n) is 8.31. The van der Waals surface area contributed by atoms with Gasteiger partial charge in [0.05, 0.1) is 0 Å². The number of aromatic nitrogens is 2. The average molecular weight is 337 g/mol. The Hall–Kier alpha value is -0.850. The third-order valence-corrected chi connectivity index (χ3v) is 5.54. The van der Waals surface area contributed by atoms with E-state index in [0.717, 1.165) is 34.8 Å². The molecule has 1 amide bonds. The molecule has 2 heterocycles. The number of rotatable bonds is 3. The van der Waals surface area contributed by atoms with Crippen LogP contribution in [0.2, 0.25) is 10.3 Å². The fraction of sp³-hybridized carbons (Fsp3) is 0. The zero-order valence-corrected chi connectivity index (χ0v) is 12.3. The second kappa shape index (κ2) is 5.42. The van der Waals surface area contributed by atoms with E-state index in [4.69, 9.17) is 34.2 Å². The smallest absolute Gasteiger partial charge is 0.253 e. The fourth-order valence-electron chi connectivity index (χ4n) is 1.03. The molecule has 2 aromatic heterocycles. The third kappa shape index (κ3) is 2.46. The molecule has 92 valence electrons. The molecule has 0 atom stereocenters. The van der Waals surface area contributed by atoms with Gasteiger partial charge in [-0.15, -0.1) is 0 Å². The van der Waals surface area contributed by atoms with Crippen molar-refractivity contribution in [3.63, 3.8) is 0 Å². The van der Waals surface area contributed by atoms with Crippen LogP contribution in [0.25, 0.3) is 0 Å². The Morgan fingerprint density at radius 1 is 1.28 bits per heavy atom. The molecule has 0 fully saturated rings. The first-order valence-electron chi connectivity index (χ1n) is 4.22. The molecular weight excluding hydrogens is 335 g/mol. The van der Waals surface area contributed by atoms with Crippen molar-refractivity contribution >= 4 is 63.9 Å². The molecule has 0 saturated heterocycles. The summed E-state index contributed by atoms with van der Waals surface area (Å²) in [5, 5.41) is 9.14. The van der Waals surface area contributed by atoms with E-state index in [0.29, 0.717) is 8.42 Å². The molecule has 0 bridgehead atoms. The fourth-order valence-corrected chi connectivity index (χ4v) is 4.71. The molecule has 0 aromatic carbocycles. The van der Waals surface area contributed by atoms with Crippen LogP contribution >= 0.6 is 58.0 Å². The first-order valence-corrected chi connectivity index (χ1v) is 7.34. The van der Waals surface area contributed by atoms with Crippen LogP contribution in [0.3, 0.4) is 0 Å². The van der Waals surface area contributed by atoms with Gasteiger partial charge in [-0.1, -0.05) is 35.0 Å². The van der Waals surface area contributed by atoms with Gasteiger partial charge in [0, 0.05) is 0 Å². The highest BCUT2D eigenvalue weighted by molar-refractivity contribution is 8.02. The van der Waals surface area contributed by atoms with Crippen molar-refractivity contribution in [2.45, 2.75) is 8.42 Å². The van der Waals surface area contributed by atoms with Crippen molar-refractivity contribution in [2.24, 2.45) is 5.73 Å². The number of amides is 1. The molecule has 5 nitrogen and oxygen atoms in total. The van der Waals surface area contributed by atoms with Crippen LogP contribution in [0.15, 0.2) is 8.42 Å². The average Bonchev–Trinajstić information content (AvgIpc) is 2.83. The molecule has 2 rings (SSSR count). The standard InChI is InChI=1S/C8H2Cl2N4OS3/c9-4-2(1-11)7(17-13-4)16-8-3(6(12)15)5(10)14-18-8/h(H2,12,15). The number of nitrogens with two attached hydrogens (primary N) is 1. The maximum Gasteiger partial charge on any atom is 0.253 e. The summed E-state index contributed by atoms with van der Waals surface area (Å²) in [6.45, 7) is 0. The highest BCUT2D eigenvalue weighted by Gasteiger charge is 2.21. The summed E-state index contributed by atoms with van der Waals surface area (Å²) in [4.78, 5) is 11.2. The van der Waals surface area contributed by atoms with Gasteiger partial charge in [0.2, 0.25) is 0 Å². The molecule has 0 aliphatic rings. The minimum Gasteiger partial charge on any atom is -0.365 e. The van der Waals surface area contributed by atoms with Crippen LogP contribution < -0.4 is 5.73 Å². The lowest BCUT2D eigenvalue weighted by molar-refractivity contribution is 0.0998. The van der Waals surface area contributed by atoms with Gasteiger partial charge in [0.1, 0.15) is 25.6 Å². The number of nitriles is 1. The van der Waals surface area contributed by atoms with Crippen LogP contribution in [-0.4, -0.2) is 14.7 Å². The highest BCUT2D eigenvalue weighted by Crippen LogP contribution is 2.41. The Labute approximate surface area is 124 Å². The number of primary amides is 1. The van der Waals surface area contributed by atoms with E-state index < -0.39 is 5.91 Å². The molecule has 18 heavy (non-hydrogen) atoms. The van der Waals surface area contributed by atoms with Crippen molar-refractivity contribution in [3.8, 4) is 6.07 Å². The first kappa shape index (κ1) is 13.6. The summed E-state index contributed by atoms with van der Waals surface area (Å²) in [5.41, 5.74) is 5.64. The van der Waals surface area contributed by atoms with Gasteiger partial charge < -0.3 is 5.73 Å². The molecule has 0 unspecified atom stereocenters. The van der Waals surface area contributed by atoms with E-state index in [2.05, 4.69) is 8.75 Å². The molecule has 0 spiro atoms. The summed E-state index contributed by atoms with van der Waals surface area (Å²) in [5.74, 6) is -0.662. The third-order valence-electron chi connectivity index (χ3n) is 1.78. The van der Waals surface area contributed by atoms with E-state index in [1.807, 2.05) is 6.07 Å². The number of hydrogen-bond acceptors (Lipinski definition) is 7. The quantitative estimate of drug-likeness (QED) is 0.929. The minimum atomic E-state index is -0.662. The van der Waals surface area contributed by atoms with E-state index in [1.165, 1.54) is 0 Å². The molecule has 2 N–H and O–H groups in total. The summed E-state index contributed by atoms with van der Waals surface area (Å²) >= 11 is 14.8. The van der Waals surface area contributed by atoms with Gasteiger partial charge in [0.15, 0.2) is 10.3 Å². The molecular formula is C8H2Cl2N4OS3. The maximum atomic E-state index is 11.2. The number of carbonyl (C=O) groups excluding carboxylic acids is 1. The monoisotopic (exact) mass is 336 g/mol. The Morgan fingerprint density at radius 3 is 2.50 bits per heavy atom. The predicted octanol–water partition coefficient (Wildman–Crippen LogP) is 3.03. The first-order chi connectivity index (χ1) is 8.54. The number of carbonyl (C=O) groups is 1. The van der Waals surface area contributed by atoms with Crippen LogP contribution in [0, 0.1) is 11.3 Å². The van der Waals surface area contributed by atoms with Gasteiger partial charge in [-0.05, 0) is 23.1 Å². The predicted molar refractivity (Wildman–Crippen MR) is 71.6 cm³/mol. The Bertz CT molecular complexity index is 660. The number of nitrogens with zero attached hydrogens (tertiary/aromatic N) is 3. The largest absolute Gasteiger partial charge is 0.365 e. The number of hydrogen-bond donors (Lipinski definition) is 1. The van der Waals surface area contributed by atoms with E-state index >= 15 is 0 Å². The van der Waals surface area contributed by atoms with Crippen molar-refractivity contribution < 1.29 is 4.79 Å². The molecule has 0 aliphatic heterocycles. The van der Waals surface area contributed by atoms with Crippen LogP contribution in [-0.2, 0) is 0 Å². The molecule has 0 aliphatic carbocycles. The van der Waals surface area contributed by atoms with Crippen LogP contribution in [0.5, 0.6) is 0 Å². The van der Waals surface area contributed by atoms with E-state index in [-0.39, 0.29) is 21.4 Å². The topological polar surface area (TPSA) is 92.7 Å². The van der Waals surface area contributed by atoms with Gasteiger partial charge in [-0.3, -0.25) is 4.79 Å².